The topological polar surface area (TPSA) is 87.1 Å². The zero-order chi connectivity index (χ0) is 29.2. The van der Waals surface area contributed by atoms with Crippen LogP contribution in [0.15, 0.2) is 49.6 Å². The number of anilines is 1. The van der Waals surface area contributed by atoms with Crippen LogP contribution < -0.4 is 4.90 Å². The molecule has 40 heavy (non-hydrogen) atoms. The number of para-hydroxylation sites is 1. The lowest BCUT2D eigenvalue weighted by Crippen LogP contribution is -2.60. The summed E-state index contributed by atoms with van der Waals surface area (Å²) < 4.78 is 4.85. The molecule has 0 radical (unpaired) electrons. The zero-order valence-corrected chi connectivity index (χ0v) is 25.2. The molecule has 8 atom stereocenters. The number of carbonyl (C=O) groups excluding carboxylic acids is 3. The normalized spacial score (nSPS) is 30.1. The average Bonchev–Trinajstić information content (AvgIpc) is 3.54. The first-order valence-corrected chi connectivity index (χ1v) is 15.5. The lowest BCUT2D eigenvalue weighted by molar-refractivity contribution is -0.155. The molecule has 0 aliphatic carbocycles. The van der Waals surface area contributed by atoms with Gasteiger partial charge in [-0.2, -0.15) is 0 Å². The summed E-state index contributed by atoms with van der Waals surface area (Å²) in [5.41, 5.74) is 0.536. The van der Waals surface area contributed by atoms with Crippen molar-refractivity contribution in [3.63, 3.8) is 0 Å². The number of carbonyl (C=O) groups is 3. The molecule has 0 aromatic heterocycles. The van der Waals surface area contributed by atoms with E-state index in [1.54, 1.807) is 51.9 Å². The van der Waals surface area contributed by atoms with Gasteiger partial charge in [-0.05, 0) is 43.2 Å². The molecule has 3 aliphatic rings. The summed E-state index contributed by atoms with van der Waals surface area (Å²) in [5, 5.41) is 10.9. The highest BCUT2D eigenvalue weighted by molar-refractivity contribution is 8.02. The van der Waals surface area contributed by atoms with Crippen LogP contribution in [-0.4, -0.2) is 69.6 Å². The number of hydrogen-bond acceptors (Lipinski definition) is 6. The molecule has 7 nitrogen and oxygen atoms in total. The monoisotopic (exact) mass is 588 g/mol. The predicted octanol–water partition coefficient (Wildman–Crippen LogP) is 5.11. The number of aliphatic hydroxyl groups excluding tert-OH is 1. The number of allylic oxidation sites excluding steroid dienone is 1. The second-order valence-electron chi connectivity index (χ2n) is 11.2. The fourth-order valence-corrected chi connectivity index (χ4v) is 9.56. The molecule has 3 aliphatic heterocycles. The number of halogens is 1. The van der Waals surface area contributed by atoms with E-state index in [0.717, 1.165) is 6.42 Å². The molecule has 3 heterocycles. The largest absolute Gasteiger partial charge is 0.465 e. The highest BCUT2D eigenvalue weighted by atomic mass is 35.5. The quantitative estimate of drug-likeness (QED) is 0.196. The summed E-state index contributed by atoms with van der Waals surface area (Å²) in [7, 11) is 0. The van der Waals surface area contributed by atoms with Crippen molar-refractivity contribution in [2.24, 2.45) is 23.7 Å². The number of benzene rings is 1. The number of aliphatic hydroxyl groups is 1. The van der Waals surface area contributed by atoms with Crippen LogP contribution in [0.2, 0.25) is 5.02 Å². The van der Waals surface area contributed by atoms with Gasteiger partial charge in [-0.15, -0.1) is 24.9 Å². The Morgan fingerprint density at radius 2 is 2.05 bits per heavy atom. The second-order valence-corrected chi connectivity index (χ2v) is 13.2. The van der Waals surface area contributed by atoms with Crippen LogP contribution in [0.25, 0.3) is 0 Å². The third-order valence-corrected chi connectivity index (χ3v) is 11.4. The van der Waals surface area contributed by atoms with E-state index in [2.05, 4.69) is 20.1 Å². The standard InChI is InChI=1S/C31H41ClN2O5S/c1-6-9-12-16-39-30(38)25-24-17-20(5)31(40-24)26(25)28(36)34(23(18-35)19(4)8-3)27(31)29(37)33(15-7-2)22-14-11-10-13-21(22)32/h6-7,10-11,13-14,19-20,23-27,35H,1-2,8-9,12,15-18H2,3-5H3/t19-,20?,23-,24+,25-,26-,27?,31?/m0/s1. The van der Waals surface area contributed by atoms with Crippen molar-refractivity contribution >= 4 is 46.8 Å². The van der Waals surface area contributed by atoms with Crippen molar-refractivity contribution in [2.45, 2.75) is 68.5 Å². The Bertz CT molecular complexity index is 1150. The maximum absolute atomic E-state index is 14.8. The number of thioether (sulfide) groups is 1. The molecule has 1 aromatic carbocycles. The van der Waals surface area contributed by atoms with E-state index >= 15 is 0 Å². The molecule has 1 aromatic rings. The van der Waals surface area contributed by atoms with Gasteiger partial charge in [0.1, 0.15) is 6.04 Å². The Balaban J connectivity index is 1.82. The Labute approximate surface area is 246 Å². The molecule has 3 saturated heterocycles. The van der Waals surface area contributed by atoms with Gasteiger partial charge in [-0.25, -0.2) is 0 Å². The summed E-state index contributed by atoms with van der Waals surface area (Å²) in [6, 6.07) is 5.68. The molecule has 218 valence electrons. The molecule has 9 heteroatoms. The van der Waals surface area contributed by atoms with Gasteiger partial charge in [0.05, 0.1) is 46.5 Å². The number of nitrogens with zero attached hydrogens (tertiary/aromatic N) is 2. The molecule has 0 saturated carbocycles. The van der Waals surface area contributed by atoms with Crippen LogP contribution in [0.1, 0.15) is 46.5 Å². The van der Waals surface area contributed by atoms with Crippen LogP contribution in [0.4, 0.5) is 5.69 Å². The van der Waals surface area contributed by atoms with Gasteiger partial charge in [-0.1, -0.05) is 63.1 Å². The van der Waals surface area contributed by atoms with Gasteiger partial charge < -0.3 is 19.6 Å². The molecular formula is C31H41ClN2O5S. The average molecular weight is 589 g/mol. The maximum Gasteiger partial charge on any atom is 0.310 e. The fraction of sp³-hybridized carbons (Fsp3) is 0.581. The van der Waals surface area contributed by atoms with Crippen LogP contribution in [0.5, 0.6) is 0 Å². The minimum Gasteiger partial charge on any atom is -0.465 e. The molecule has 3 fully saturated rings. The molecule has 4 rings (SSSR count). The van der Waals surface area contributed by atoms with Crippen LogP contribution >= 0.6 is 23.4 Å². The second kappa shape index (κ2) is 12.7. The van der Waals surface area contributed by atoms with E-state index in [-0.39, 0.29) is 54.6 Å². The van der Waals surface area contributed by atoms with Crippen molar-refractivity contribution < 1.29 is 24.2 Å². The highest BCUT2D eigenvalue weighted by Crippen LogP contribution is 2.69. The van der Waals surface area contributed by atoms with Crippen molar-refractivity contribution in [3.8, 4) is 0 Å². The first-order valence-electron chi connectivity index (χ1n) is 14.2. The Morgan fingerprint density at radius 3 is 2.67 bits per heavy atom. The smallest absolute Gasteiger partial charge is 0.310 e. The third kappa shape index (κ3) is 5.01. The summed E-state index contributed by atoms with van der Waals surface area (Å²) in [6.07, 6.45) is 6.25. The lowest BCUT2D eigenvalue weighted by Gasteiger charge is -2.43. The summed E-state index contributed by atoms with van der Waals surface area (Å²) in [4.78, 5) is 46.0. The third-order valence-electron chi connectivity index (χ3n) is 9.05. The van der Waals surface area contributed by atoms with Crippen molar-refractivity contribution in [2.75, 3.05) is 24.7 Å². The van der Waals surface area contributed by atoms with Gasteiger partial charge in [0.2, 0.25) is 5.91 Å². The number of unbranched alkanes of at least 4 members (excludes halogenated alkanes) is 1. The molecule has 3 unspecified atom stereocenters. The summed E-state index contributed by atoms with van der Waals surface area (Å²) in [5.74, 6) is -2.30. The van der Waals surface area contributed by atoms with E-state index in [1.165, 1.54) is 0 Å². The first kappa shape index (κ1) is 30.7. The van der Waals surface area contributed by atoms with Crippen molar-refractivity contribution in [1.29, 1.82) is 0 Å². The van der Waals surface area contributed by atoms with Gasteiger partial charge >= 0.3 is 5.97 Å². The van der Waals surface area contributed by atoms with E-state index in [4.69, 9.17) is 16.3 Å². The molecule has 1 N–H and O–H groups in total. The van der Waals surface area contributed by atoms with E-state index < -0.39 is 28.7 Å². The summed E-state index contributed by atoms with van der Waals surface area (Å²) in [6.45, 7) is 13.8. The number of hydrogen-bond donors (Lipinski definition) is 1. The Hall–Kier alpha value is -2.29. The molecule has 1 spiro atoms. The zero-order valence-electron chi connectivity index (χ0n) is 23.6. The van der Waals surface area contributed by atoms with Gasteiger partial charge in [-0.3, -0.25) is 14.4 Å². The Morgan fingerprint density at radius 1 is 1.32 bits per heavy atom. The van der Waals surface area contributed by atoms with E-state index in [0.29, 0.717) is 30.0 Å². The highest BCUT2D eigenvalue weighted by Gasteiger charge is 2.77. The number of likely N-dealkylation sites (tertiary alicyclic amines) is 1. The van der Waals surface area contributed by atoms with E-state index in [9.17, 15) is 19.5 Å². The number of rotatable bonds is 13. The molecular weight excluding hydrogens is 548 g/mol. The number of fused-ring (bicyclic) bond motifs is 1. The van der Waals surface area contributed by atoms with Gasteiger partial charge in [0.25, 0.3) is 5.91 Å². The van der Waals surface area contributed by atoms with Crippen molar-refractivity contribution in [1.82, 2.24) is 4.90 Å². The van der Waals surface area contributed by atoms with Crippen LogP contribution in [0, 0.1) is 23.7 Å². The fourth-order valence-electron chi connectivity index (χ4n) is 6.93. The molecule has 2 amide bonds. The Kier molecular flexibility index (Phi) is 9.74. The molecule has 2 bridgehead atoms. The number of amides is 2. The summed E-state index contributed by atoms with van der Waals surface area (Å²) >= 11 is 8.16. The predicted molar refractivity (Wildman–Crippen MR) is 160 cm³/mol. The van der Waals surface area contributed by atoms with Crippen LogP contribution in [-0.2, 0) is 19.1 Å². The number of esters is 1. The first-order chi connectivity index (χ1) is 19.2. The minimum absolute atomic E-state index is 0.00619. The van der Waals surface area contributed by atoms with Crippen molar-refractivity contribution in [3.05, 3.63) is 54.6 Å². The SMILES string of the molecule is C=CCCCOC(=O)[C@@H]1[C@H]2C(=O)N([C@@H](CO)[C@@H](C)CC)C(C(=O)N(CC=C)c3ccccc3Cl)C23S[C@@H]1CC3C. The lowest BCUT2D eigenvalue weighted by atomic mass is 9.66. The number of ether oxygens (including phenoxy) is 1. The van der Waals surface area contributed by atoms with Gasteiger partial charge in [0.15, 0.2) is 0 Å². The van der Waals surface area contributed by atoms with Crippen LogP contribution in [0.3, 0.4) is 0 Å². The van der Waals surface area contributed by atoms with Gasteiger partial charge in [0, 0.05) is 11.8 Å². The van der Waals surface area contributed by atoms with E-state index in [1.807, 2.05) is 19.9 Å². The minimum atomic E-state index is -0.879. The maximum atomic E-state index is 14.8.